The summed E-state index contributed by atoms with van der Waals surface area (Å²) in [7, 11) is 2.82. The molecule has 3 heterocycles. The van der Waals surface area contributed by atoms with Crippen molar-refractivity contribution in [2.75, 3.05) is 5.32 Å². The van der Waals surface area contributed by atoms with E-state index in [2.05, 4.69) is 15.3 Å². The molecule has 0 radical (unpaired) electrons. The largest absolute Gasteiger partial charge is 0.416 e. The van der Waals surface area contributed by atoms with Crippen molar-refractivity contribution in [3.05, 3.63) is 86.3 Å². The van der Waals surface area contributed by atoms with Gasteiger partial charge in [-0.25, -0.2) is 4.79 Å². The van der Waals surface area contributed by atoms with Gasteiger partial charge in [0.1, 0.15) is 0 Å². The minimum absolute atomic E-state index is 0.0571. The van der Waals surface area contributed by atoms with Crippen molar-refractivity contribution in [2.24, 2.45) is 14.1 Å². The molecular weight excluding hydrogens is 425 g/mol. The number of rotatable bonds is 5. The molecule has 11 heteroatoms. The molecule has 0 aliphatic rings. The number of halogens is 3. The maximum Gasteiger partial charge on any atom is 0.416 e. The Kier molecular flexibility index (Phi) is 5.33. The molecule has 32 heavy (non-hydrogen) atoms. The molecule has 0 unspecified atom stereocenters. The minimum atomic E-state index is -4.49. The molecule has 8 nitrogen and oxygen atoms in total. The second-order valence-electron chi connectivity index (χ2n) is 7.27. The number of hydrogen-bond donors (Lipinski definition) is 1. The van der Waals surface area contributed by atoms with Gasteiger partial charge in [-0.15, -0.1) is 0 Å². The molecule has 0 amide bonds. The highest BCUT2D eigenvalue weighted by Gasteiger charge is 2.30. The van der Waals surface area contributed by atoms with Crippen LogP contribution in [0.15, 0.2) is 58.3 Å². The molecule has 4 aromatic rings. The number of hydrogen-bond acceptors (Lipinski definition) is 5. The normalized spacial score (nSPS) is 11.8. The van der Waals surface area contributed by atoms with Crippen LogP contribution in [0.5, 0.6) is 0 Å². The smallest absolute Gasteiger partial charge is 0.350 e. The van der Waals surface area contributed by atoms with Crippen LogP contribution >= 0.6 is 0 Å². The van der Waals surface area contributed by atoms with Crippen molar-refractivity contribution in [1.82, 2.24) is 23.7 Å². The molecule has 0 bridgehead atoms. The first-order valence-corrected chi connectivity index (χ1v) is 9.63. The van der Waals surface area contributed by atoms with Crippen LogP contribution < -0.4 is 16.6 Å². The minimum Gasteiger partial charge on any atom is -0.350 e. The lowest BCUT2D eigenvalue weighted by molar-refractivity contribution is -0.137. The van der Waals surface area contributed by atoms with Crippen molar-refractivity contribution < 1.29 is 13.2 Å². The summed E-state index contributed by atoms with van der Waals surface area (Å²) in [6.45, 7) is 0.208. The third kappa shape index (κ3) is 3.88. The molecule has 4 rings (SSSR count). The lowest BCUT2D eigenvalue weighted by Crippen LogP contribution is -2.37. The van der Waals surface area contributed by atoms with Gasteiger partial charge in [-0.3, -0.25) is 23.5 Å². The van der Waals surface area contributed by atoms with Crippen LogP contribution in [0, 0.1) is 0 Å². The van der Waals surface area contributed by atoms with Crippen LogP contribution in [0.25, 0.3) is 11.2 Å². The van der Waals surface area contributed by atoms with Gasteiger partial charge < -0.3 is 5.32 Å². The first-order valence-electron chi connectivity index (χ1n) is 9.63. The van der Waals surface area contributed by atoms with Gasteiger partial charge >= 0.3 is 11.9 Å². The number of pyridine rings is 1. The number of aromatic nitrogens is 5. The molecule has 0 atom stereocenters. The van der Waals surface area contributed by atoms with Crippen LogP contribution in [0.2, 0.25) is 0 Å². The zero-order valence-electron chi connectivity index (χ0n) is 17.2. The number of nitrogens with zero attached hydrogens (tertiary/aromatic N) is 5. The van der Waals surface area contributed by atoms with Crippen LogP contribution in [0.1, 0.15) is 16.8 Å². The van der Waals surface area contributed by atoms with Crippen molar-refractivity contribution in [3.63, 3.8) is 0 Å². The number of nitrogens with one attached hydrogen (secondary N) is 1. The van der Waals surface area contributed by atoms with Crippen molar-refractivity contribution >= 4 is 17.1 Å². The topological polar surface area (TPSA) is 86.7 Å². The predicted octanol–water partition coefficient (Wildman–Crippen LogP) is 2.51. The van der Waals surface area contributed by atoms with E-state index in [1.165, 1.54) is 35.4 Å². The van der Waals surface area contributed by atoms with E-state index in [0.717, 1.165) is 16.7 Å². The number of imidazole rings is 1. The summed E-state index contributed by atoms with van der Waals surface area (Å²) in [5.41, 5.74) is -0.661. The molecular formula is C21H19F3N6O2. The fraction of sp³-hybridized carbons (Fsp3) is 0.238. The summed E-state index contributed by atoms with van der Waals surface area (Å²) in [6.07, 6.45) is -2.87. The number of anilines is 1. The predicted molar refractivity (Wildman–Crippen MR) is 112 cm³/mol. The van der Waals surface area contributed by atoms with Crippen molar-refractivity contribution in [3.8, 4) is 0 Å². The van der Waals surface area contributed by atoms with Crippen molar-refractivity contribution in [2.45, 2.75) is 19.3 Å². The van der Waals surface area contributed by atoms with Gasteiger partial charge in [0, 0.05) is 20.3 Å². The zero-order chi connectivity index (χ0) is 23.0. The van der Waals surface area contributed by atoms with Crippen molar-refractivity contribution in [1.29, 1.82) is 0 Å². The summed E-state index contributed by atoms with van der Waals surface area (Å²) < 4.78 is 43.2. The highest BCUT2D eigenvalue weighted by Crippen LogP contribution is 2.30. The fourth-order valence-corrected chi connectivity index (χ4v) is 3.44. The van der Waals surface area contributed by atoms with Crippen LogP contribution in [-0.2, 0) is 33.4 Å². The first-order chi connectivity index (χ1) is 15.2. The number of benzene rings is 1. The van der Waals surface area contributed by atoms with Crippen LogP contribution in [0.3, 0.4) is 0 Å². The monoisotopic (exact) mass is 444 g/mol. The summed E-state index contributed by atoms with van der Waals surface area (Å²) in [5, 5.41) is 3.08. The highest BCUT2D eigenvalue weighted by molar-refractivity contribution is 5.74. The standard InChI is InChI=1S/C21H19F3N6O2/c1-28-17-16(18(31)29(2)20(28)32)30(12-13-6-5-7-14(10-13)21(22,23)24)19(27-17)26-11-15-8-3-4-9-25-15/h3-10H,11-12H2,1-2H3,(H,26,27). The van der Waals surface area contributed by atoms with Gasteiger partial charge in [-0.05, 0) is 29.8 Å². The zero-order valence-corrected chi connectivity index (χ0v) is 17.2. The van der Waals surface area contributed by atoms with Crippen LogP contribution in [0.4, 0.5) is 19.1 Å². The van der Waals surface area contributed by atoms with Gasteiger partial charge in [-0.1, -0.05) is 18.2 Å². The third-order valence-electron chi connectivity index (χ3n) is 5.10. The van der Waals surface area contributed by atoms with Gasteiger partial charge in [0.05, 0.1) is 24.3 Å². The molecule has 0 fully saturated rings. The molecule has 3 aromatic heterocycles. The molecule has 0 aliphatic heterocycles. The Morgan fingerprint density at radius 1 is 1.03 bits per heavy atom. The molecule has 0 spiro atoms. The van der Waals surface area contributed by atoms with E-state index in [4.69, 9.17) is 0 Å². The maximum absolute atomic E-state index is 13.2. The summed E-state index contributed by atoms with van der Waals surface area (Å²) in [5.74, 6) is 0.237. The first kappa shape index (κ1) is 21.3. The van der Waals surface area contributed by atoms with E-state index in [0.29, 0.717) is 11.3 Å². The van der Waals surface area contributed by atoms with E-state index in [1.807, 2.05) is 6.07 Å². The molecule has 166 valence electrons. The Hall–Kier alpha value is -3.89. The Morgan fingerprint density at radius 2 is 1.81 bits per heavy atom. The SMILES string of the molecule is Cn1c(=O)c2c(nc(NCc3ccccn3)n2Cc2cccc(C(F)(F)F)c2)n(C)c1=O. The number of fused-ring (bicyclic) bond motifs is 1. The average molecular weight is 444 g/mol. The molecule has 0 aliphatic carbocycles. The van der Waals surface area contributed by atoms with E-state index < -0.39 is 23.0 Å². The van der Waals surface area contributed by atoms with Crippen LogP contribution in [-0.4, -0.2) is 23.7 Å². The van der Waals surface area contributed by atoms with Gasteiger partial charge in [0.25, 0.3) is 5.56 Å². The van der Waals surface area contributed by atoms with E-state index >= 15 is 0 Å². The van der Waals surface area contributed by atoms with E-state index in [9.17, 15) is 22.8 Å². The Balaban J connectivity index is 1.85. The van der Waals surface area contributed by atoms with Gasteiger partial charge in [0.15, 0.2) is 11.2 Å². The molecule has 1 aromatic carbocycles. The lowest BCUT2D eigenvalue weighted by Gasteiger charge is -2.13. The second-order valence-corrected chi connectivity index (χ2v) is 7.27. The number of aryl methyl sites for hydroxylation is 1. The van der Waals surface area contributed by atoms with Gasteiger partial charge in [0.2, 0.25) is 5.95 Å². The summed E-state index contributed by atoms with van der Waals surface area (Å²) in [6, 6.07) is 10.2. The highest BCUT2D eigenvalue weighted by atomic mass is 19.4. The number of alkyl halides is 3. The average Bonchev–Trinajstić information content (AvgIpc) is 3.13. The fourth-order valence-electron chi connectivity index (χ4n) is 3.44. The Bertz CT molecular complexity index is 1400. The molecule has 1 N–H and O–H groups in total. The summed E-state index contributed by atoms with van der Waals surface area (Å²) >= 11 is 0. The van der Waals surface area contributed by atoms with Gasteiger partial charge in [-0.2, -0.15) is 18.2 Å². The molecule has 0 saturated carbocycles. The Labute approximate surface area is 179 Å². The second kappa shape index (κ2) is 7.98. The molecule has 0 saturated heterocycles. The lowest BCUT2D eigenvalue weighted by atomic mass is 10.1. The summed E-state index contributed by atoms with van der Waals surface area (Å²) in [4.78, 5) is 33.9. The van der Waals surface area contributed by atoms with E-state index in [1.54, 1.807) is 18.3 Å². The Morgan fingerprint density at radius 3 is 2.50 bits per heavy atom. The quantitative estimate of drug-likeness (QED) is 0.511. The van der Waals surface area contributed by atoms with E-state index in [-0.39, 0.29) is 30.2 Å². The third-order valence-corrected chi connectivity index (χ3v) is 5.10. The maximum atomic E-state index is 13.2.